The van der Waals surface area contributed by atoms with Crippen molar-refractivity contribution in [2.24, 2.45) is 0 Å². The Bertz CT molecular complexity index is 1560. The van der Waals surface area contributed by atoms with E-state index in [1.807, 2.05) is 32.3 Å². The van der Waals surface area contributed by atoms with Gasteiger partial charge >= 0.3 is 5.97 Å². The molecule has 0 aliphatic rings. The molecule has 0 bridgehead atoms. The molecule has 0 saturated heterocycles. The van der Waals surface area contributed by atoms with Crippen molar-refractivity contribution < 1.29 is 18.3 Å². The number of benzene rings is 3. The summed E-state index contributed by atoms with van der Waals surface area (Å²) >= 11 is 12.0. The van der Waals surface area contributed by atoms with Crippen LogP contribution >= 0.6 is 23.2 Å². The number of fused-ring (bicyclic) bond motifs is 1. The van der Waals surface area contributed by atoms with Crippen LogP contribution in [0.25, 0.3) is 22.0 Å². The summed E-state index contributed by atoms with van der Waals surface area (Å²) in [6, 6.07) is 14.5. The van der Waals surface area contributed by atoms with Crippen molar-refractivity contribution in [2.75, 3.05) is 31.5 Å². The van der Waals surface area contributed by atoms with Crippen LogP contribution in [0, 0.1) is 0 Å². The van der Waals surface area contributed by atoms with Gasteiger partial charge in [0.25, 0.3) is 10.0 Å². The SMILES string of the molecule is CN(C)CCCc1cnc(-c2ccc3cc(N(CC(=O)O)S(=O)(=O)c4cc(Cl)cc(Cl)c4)ccc3c2)cn1. The zero-order valence-corrected chi connectivity index (χ0v) is 23.1. The van der Waals surface area contributed by atoms with Crippen LogP contribution in [0.4, 0.5) is 5.69 Å². The minimum atomic E-state index is -4.27. The first-order valence-corrected chi connectivity index (χ1v) is 13.9. The van der Waals surface area contributed by atoms with Gasteiger partial charge in [-0.3, -0.25) is 19.1 Å². The Labute approximate surface area is 231 Å². The predicted molar refractivity (Wildman–Crippen MR) is 150 cm³/mol. The molecule has 1 N–H and O–H groups in total. The molecule has 0 spiro atoms. The van der Waals surface area contributed by atoms with Crippen molar-refractivity contribution in [1.29, 1.82) is 0 Å². The maximum atomic E-state index is 13.4. The van der Waals surface area contributed by atoms with Gasteiger partial charge in [0.1, 0.15) is 6.54 Å². The van der Waals surface area contributed by atoms with Gasteiger partial charge in [0.2, 0.25) is 0 Å². The number of hydrogen-bond donors (Lipinski definition) is 1. The van der Waals surface area contributed by atoms with Crippen molar-refractivity contribution in [3.8, 4) is 11.3 Å². The van der Waals surface area contributed by atoms with E-state index >= 15 is 0 Å². The molecule has 0 saturated carbocycles. The Kier molecular flexibility index (Phi) is 8.52. The molecule has 1 aromatic heterocycles. The van der Waals surface area contributed by atoms with Crippen molar-refractivity contribution in [1.82, 2.24) is 14.9 Å². The van der Waals surface area contributed by atoms with E-state index in [9.17, 15) is 18.3 Å². The monoisotopic (exact) mass is 572 g/mol. The van der Waals surface area contributed by atoms with Gasteiger partial charge in [-0.25, -0.2) is 8.42 Å². The molecule has 3 aromatic carbocycles. The Morgan fingerprint density at radius 3 is 2.24 bits per heavy atom. The van der Waals surface area contributed by atoms with Crippen LogP contribution in [0.1, 0.15) is 12.1 Å². The van der Waals surface area contributed by atoms with E-state index in [1.54, 1.807) is 30.6 Å². The van der Waals surface area contributed by atoms with Gasteiger partial charge in [0, 0.05) is 21.8 Å². The third-order valence-electron chi connectivity index (χ3n) is 5.85. The van der Waals surface area contributed by atoms with E-state index in [0.717, 1.165) is 51.4 Å². The van der Waals surface area contributed by atoms with E-state index in [2.05, 4.69) is 14.9 Å². The number of aryl methyl sites for hydroxylation is 1. The molecule has 0 radical (unpaired) electrons. The normalized spacial score (nSPS) is 11.7. The molecule has 0 unspecified atom stereocenters. The number of anilines is 1. The smallest absolute Gasteiger partial charge is 0.324 e. The fourth-order valence-electron chi connectivity index (χ4n) is 4.00. The predicted octanol–water partition coefficient (Wildman–Crippen LogP) is 5.38. The lowest BCUT2D eigenvalue weighted by atomic mass is 10.0. The first-order chi connectivity index (χ1) is 18.0. The summed E-state index contributed by atoms with van der Waals surface area (Å²) in [5, 5.41) is 11.3. The summed E-state index contributed by atoms with van der Waals surface area (Å²) in [6.45, 7) is 0.209. The van der Waals surface area contributed by atoms with Crippen molar-refractivity contribution >= 4 is 55.7 Å². The van der Waals surface area contributed by atoms with Crippen LogP contribution in [0.2, 0.25) is 10.0 Å². The molecule has 198 valence electrons. The summed E-state index contributed by atoms with van der Waals surface area (Å²) in [5.41, 5.74) is 2.72. The Hall–Kier alpha value is -3.24. The first-order valence-electron chi connectivity index (χ1n) is 11.7. The lowest BCUT2D eigenvalue weighted by molar-refractivity contribution is -0.135. The lowest BCUT2D eigenvalue weighted by Gasteiger charge is -2.23. The van der Waals surface area contributed by atoms with Crippen molar-refractivity contribution in [2.45, 2.75) is 17.7 Å². The van der Waals surface area contributed by atoms with Gasteiger partial charge in [0.15, 0.2) is 0 Å². The molecule has 1 heterocycles. The number of aromatic nitrogens is 2. The first kappa shape index (κ1) is 27.8. The van der Waals surface area contributed by atoms with Gasteiger partial charge < -0.3 is 10.0 Å². The van der Waals surface area contributed by atoms with Crippen LogP contribution in [0.15, 0.2) is 71.9 Å². The van der Waals surface area contributed by atoms with E-state index in [4.69, 9.17) is 23.2 Å². The van der Waals surface area contributed by atoms with Crippen LogP contribution in [0.5, 0.6) is 0 Å². The molecule has 4 aromatic rings. The van der Waals surface area contributed by atoms with Crippen LogP contribution < -0.4 is 4.31 Å². The fraction of sp³-hybridized carbons (Fsp3) is 0.222. The van der Waals surface area contributed by atoms with E-state index in [0.29, 0.717) is 0 Å². The zero-order chi connectivity index (χ0) is 27.4. The second-order valence-corrected chi connectivity index (χ2v) is 11.8. The highest BCUT2D eigenvalue weighted by atomic mass is 35.5. The van der Waals surface area contributed by atoms with Crippen LogP contribution in [0.3, 0.4) is 0 Å². The van der Waals surface area contributed by atoms with Crippen molar-refractivity contribution in [3.05, 3.63) is 82.7 Å². The molecule has 4 rings (SSSR count). The minimum Gasteiger partial charge on any atom is -0.480 e. The quantitative estimate of drug-likeness (QED) is 0.272. The van der Waals surface area contributed by atoms with Gasteiger partial charge in [-0.15, -0.1) is 0 Å². The van der Waals surface area contributed by atoms with Crippen molar-refractivity contribution in [3.63, 3.8) is 0 Å². The standard InChI is InChI=1S/C27H26Cl2N4O4S/c1-32(2)9-3-4-23-15-31-26(16-30-23)20-6-5-19-11-24(8-7-18(19)10-20)33(17-27(34)35)38(36,37)25-13-21(28)12-22(29)14-25/h5-8,10-16H,3-4,9,17H2,1-2H3,(H,34,35). The topological polar surface area (TPSA) is 104 Å². The number of carboxylic acids is 1. The third-order valence-corrected chi connectivity index (χ3v) is 8.04. The summed E-state index contributed by atoms with van der Waals surface area (Å²) in [7, 11) is -0.193. The highest BCUT2D eigenvalue weighted by molar-refractivity contribution is 7.92. The number of rotatable bonds is 10. The molecule has 38 heavy (non-hydrogen) atoms. The average molecular weight is 574 g/mol. The summed E-state index contributed by atoms with van der Waals surface area (Å²) < 4.78 is 27.6. The van der Waals surface area contributed by atoms with Crippen LogP contribution in [-0.2, 0) is 21.2 Å². The maximum absolute atomic E-state index is 13.4. The highest BCUT2D eigenvalue weighted by Gasteiger charge is 2.28. The molecule has 0 fully saturated rings. The van der Waals surface area contributed by atoms with Gasteiger partial charge in [-0.05, 0) is 80.7 Å². The number of aliphatic carboxylic acids is 1. The lowest BCUT2D eigenvalue weighted by Crippen LogP contribution is -2.35. The van der Waals surface area contributed by atoms with E-state index in [1.165, 1.54) is 18.2 Å². The number of nitrogens with zero attached hydrogens (tertiary/aromatic N) is 4. The van der Waals surface area contributed by atoms with Gasteiger partial charge in [-0.1, -0.05) is 41.4 Å². The maximum Gasteiger partial charge on any atom is 0.324 e. The average Bonchev–Trinajstić information content (AvgIpc) is 2.86. The molecular formula is C27H26Cl2N4O4S. The molecule has 11 heteroatoms. The Balaban J connectivity index is 1.63. The summed E-state index contributed by atoms with van der Waals surface area (Å²) in [4.78, 5) is 22.6. The Morgan fingerprint density at radius 1 is 0.921 bits per heavy atom. The summed E-state index contributed by atoms with van der Waals surface area (Å²) in [5.74, 6) is -1.30. The Morgan fingerprint density at radius 2 is 1.61 bits per heavy atom. The number of halogens is 2. The van der Waals surface area contributed by atoms with Gasteiger partial charge in [-0.2, -0.15) is 0 Å². The number of carboxylic acid groups (broad SMARTS) is 1. The summed E-state index contributed by atoms with van der Waals surface area (Å²) in [6.07, 6.45) is 5.38. The molecule has 0 atom stereocenters. The van der Waals surface area contributed by atoms with E-state index < -0.39 is 22.5 Å². The molecule has 0 aliphatic carbocycles. The molecular weight excluding hydrogens is 547 g/mol. The molecule has 0 aliphatic heterocycles. The number of sulfonamides is 1. The minimum absolute atomic E-state index is 0.127. The number of hydrogen-bond acceptors (Lipinski definition) is 6. The molecule has 8 nitrogen and oxygen atoms in total. The van der Waals surface area contributed by atoms with E-state index in [-0.39, 0.29) is 20.6 Å². The zero-order valence-electron chi connectivity index (χ0n) is 20.8. The second kappa shape index (κ2) is 11.7. The largest absolute Gasteiger partial charge is 0.480 e. The van der Waals surface area contributed by atoms with Gasteiger partial charge in [0.05, 0.1) is 28.2 Å². The third kappa shape index (κ3) is 6.60. The fourth-order valence-corrected chi connectivity index (χ4v) is 6.13. The molecule has 0 amide bonds. The number of carbonyl (C=O) groups is 1. The second-order valence-electron chi connectivity index (χ2n) is 9.06. The van der Waals surface area contributed by atoms with Crippen LogP contribution in [-0.4, -0.2) is 61.5 Å². The highest BCUT2D eigenvalue weighted by Crippen LogP contribution is 2.31.